The monoisotopic (exact) mass is 243 g/mol. The maximum absolute atomic E-state index is 10.8. The van der Waals surface area contributed by atoms with E-state index >= 15 is 0 Å². The number of hydrogen-bond acceptors (Lipinski definition) is 3. The average Bonchev–Trinajstić information content (AvgIpc) is 2.26. The molecule has 1 aromatic rings. The summed E-state index contributed by atoms with van der Waals surface area (Å²) in [6.45, 7) is 2.07. The molecule has 0 radical (unpaired) electrons. The molecule has 0 aromatic carbocycles. The van der Waals surface area contributed by atoms with Gasteiger partial charge in [0.1, 0.15) is 10.9 Å². The van der Waals surface area contributed by atoms with Gasteiger partial charge in [-0.2, -0.15) is 0 Å². The summed E-state index contributed by atoms with van der Waals surface area (Å²) in [7, 11) is 1.49. The fourth-order valence-electron chi connectivity index (χ4n) is 1.39. The normalized spacial score (nSPS) is 10.2. The predicted molar refractivity (Wildman–Crippen MR) is 61.4 cm³/mol. The standard InChI is InChI=1S/C11H14ClNO3/c1-3-4-5-7-9(16-2)6-8(11(14)15)13-10(7)12/h6H,3-5H2,1-2H3,(H,14,15). The Labute approximate surface area is 99.2 Å². The van der Waals surface area contributed by atoms with Gasteiger partial charge in [-0.05, 0) is 12.8 Å². The van der Waals surface area contributed by atoms with E-state index in [1.165, 1.54) is 13.2 Å². The van der Waals surface area contributed by atoms with E-state index < -0.39 is 5.97 Å². The maximum atomic E-state index is 10.8. The first kappa shape index (κ1) is 12.8. The molecule has 1 rings (SSSR count). The number of methoxy groups -OCH3 is 1. The van der Waals surface area contributed by atoms with Crippen LogP contribution >= 0.6 is 11.6 Å². The molecule has 0 spiro atoms. The van der Waals surface area contributed by atoms with E-state index in [4.69, 9.17) is 21.4 Å². The van der Waals surface area contributed by atoms with Crippen molar-refractivity contribution in [3.63, 3.8) is 0 Å². The Morgan fingerprint density at radius 1 is 1.62 bits per heavy atom. The molecule has 4 nitrogen and oxygen atoms in total. The second kappa shape index (κ2) is 5.70. The Bertz CT molecular complexity index is 393. The Hall–Kier alpha value is -1.29. The zero-order valence-electron chi connectivity index (χ0n) is 9.29. The number of hydrogen-bond donors (Lipinski definition) is 1. The summed E-state index contributed by atoms with van der Waals surface area (Å²) in [5.74, 6) is -0.618. The van der Waals surface area contributed by atoms with Crippen LogP contribution in [0.15, 0.2) is 6.07 Å². The fraction of sp³-hybridized carbons (Fsp3) is 0.455. The van der Waals surface area contributed by atoms with E-state index in [0.717, 1.165) is 24.8 Å². The molecule has 0 saturated heterocycles. The molecule has 0 unspecified atom stereocenters. The van der Waals surface area contributed by atoms with Crippen LogP contribution in [0.2, 0.25) is 5.15 Å². The van der Waals surface area contributed by atoms with E-state index in [9.17, 15) is 4.79 Å². The van der Waals surface area contributed by atoms with E-state index in [-0.39, 0.29) is 10.8 Å². The quantitative estimate of drug-likeness (QED) is 0.808. The zero-order chi connectivity index (χ0) is 12.1. The molecular formula is C11H14ClNO3. The Balaban J connectivity index is 3.12. The van der Waals surface area contributed by atoms with Crippen molar-refractivity contribution in [1.29, 1.82) is 0 Å². The molecule has 0 saturated carbocycles. The van der Waals surface area contributed by atoms with Crippen molar-refractivity contribution >= 4 is 17.6 Å². The molecule has 0 aliphatic carbocycles. The predicted octanol–water partition coefficient (Wildman–Crippen LogP) is 2.78. The first-order chi connectivity index (χ1) is 7.60. The third kappa shape index (κ3) is 2.85. The summed E-state index contributed by atoms with van der Waals surface area (Å²) in [6.07, 6.45) is 2.73. The summed E-state index contributed by atoms with van der Waals surface area (Å²) in [6, 6.07) is 1.40. The van der Waals surface area contributed by atoms with Crippen LogP contribution in [-0.4, -0.2) is 23.2 Å². The molecule has 1 N–H and O–H groups in total. The van der Waals surface area contributed by atoms with Gasteiger partial charge in [-0.15, -0.1) is 0 Å². The van der Waals surface area contributed by atoms with Crippen LogP contribution in [0.4, 0.5) is 0 Å². The highest BCUT2D eigenvalue weighted by atomic mass is 35.5. The minimum Gasteiger partial charge on any atom is -0.496 e. The van der Waals surface area contributed by atoms with Gasteiger partial charge in [0.25, 0.3) is 0 Å². The van der Waals surface area contributed by atoms with Gasteiger partial charge in [0, 0.05) is 11.6 Å². The van der Waals surface area contributed by atoms with Crippen LogP contribution in [-0.2, 0) is 6.42 Å². The second-order valence-electron chi connectivity index (χ2n) is 3.39. The number of rotatable bonds is 5. The van der Waals surface area contributed by atoms with Crippen molar-refractivity contribution in [3.8, 4) is 5.75 Å². The van der Waals surface area contributed by atoms with Crippen molar-refractivity contribution in [2.45, 2.75) is 26.2 Å². The highest BCUT2D eigenvalue weighted by molar-refractivity contribution is 6.30. The summed E-state index contributed by atoms with van der Waals surface area (Å²) in [4.78, 5) is 14.6. The topological polar surface area (TPSA) is 59.4 Å². The number of halogens is 1. The average molecular weight is 244 g/mol. The highest BCUT2D eigenvalue weighted by Crippen LogP contribution is 2.27. The first-order valence-corrected chi connectivity index (χ1v) is 5.44. The van der Waals surface area contributed by atoms with E-state index in [1.54, 1.807) is 0 Å². The van der Waals surface area contributed by atoms with Crippen molar-refractivity contribution in [3.05, 3.63) is 22.5 Å². The number of ether oxygens (including phenoxy) is 1. The number of carboxylic acid groups (broad SMARTS) is 1. The SMILES string of the molecule is CCCCc1c(OC)cc(C(=O)O)nc1Cl. The molecule has 1 heterocycles. The lowest BCUT2D eigenvalue weighted by Gasteiger charge is -2.10. The van der Waals surface area contributed by atoms with E-state index in [1.807, 2.05) is 0 Å². The molecule has 16 heavy (non-hydrogen) atoms. The van der Waals surface area contributed by atoms with E-state index in [2.05, 4.69) is 11.9 Å². The summed E-state index contributed by atoms with van der Waals surface area (Å²) >= 11 is 5.94. The molecule has 0 bridgehead atoms. The van der Waals surface area contributed by atoms with Gasteiger partial charge in [-0.3, -0.25) is 0 Å². The van der Waals surface area contributed by atoms with Gasteiger partial charge >= 0.3 is 5.97 Å². The van der Waals surface area contributed by atoms with Crippen LogP contribution in [0.1, 0.15) is 35.8 Å². The fourth-order valence-corrected chi connectivity index (χ4v) is 1.67. The summed E-state index contributed by atoms with van der Waals surface area (Å²) in [5, 5.41) is 9.03. The maximum Gasteiger partial charge on any atom is 0.354 e. The van der Waals surface area contributed by atoms with Gasteiger partial charge < -0.3 is 9.84 Å². The molecule has 5 heteroatoms. The van der Waals surface area contributed by atoms with Crippen LogP contribution in [0, 0.1) is 0 Å². The third-order valence-electron chi connectivity index (χ3n) is 2.25. The van der Waals surface area contributed by atoms with Crippen molar-refractivity contribution < 1.29 is 14.6 Å². The van der Waals surface area contributed by atoms with Crippen LogP contribution in [0.5, 0.6) is 5.75 Å². The number of aromatic carboxylic acids is 1. The third-order valence-corrected chi connectivity index (χ3v) is 2.56. The lowest BCUT2D eigenvalue weighted by atomic mass is 10.1. The van der Waals surface area contributed by atoms with Gasteiger partial charge in [-0.1, -0.05) is 24.9 Å². The van der Waals surface area contributed by atoms with Gasteiger partial charge in [0.05, 0.1) is 7.11 Å². The molecule has 0 atom stereocenters. The molecule has 0 amide bonds. The number of nitrogens with zero attached hydrogens (tertiary/aromatic N) is 1. The van der Waals surface area contributed by atoms with Crippen LogP contribution in [0.25, 0.3) is 0 Å². The molecular weight excluding hydrogens is 230 g/mol. The van der Waals surface area contributed by atoms with Crippen molar-refractivity contribution in [2.75, 3.05) is 7.11 Å². The summed E-state index contributed by atoms with van der Waals surface area (Å²) < 4.78 is 5.13. The number of carboxylic acids is 1. The lowest BCUT2D eigenvalue weighted by molar-refractivity contribution is 0.0690. The molecule has 0 fully saturated rings. The Morgan fingerprint density at radius 2 is 2.31 bits per heavy atom. The van der Waals surface area contributed by atoms with Gasteiger partial charge in [0.15, 0.2) is 5.69 Å². The number of unbranched alkanes of at least 4 members (excludes halogenated alkanes) is 1. The van der Waals surface area contributed by atoms with Crippen LogP contribution < -0.4 is 4.74 Å². The molecule has 88 valence electrons. The first-order valence-electron chi connectivity index (χ1n) is 5.06. The highest BCUT2D eigenvalue weighted by Gasteiger charge is 2.14. The Morgan fingerprint density at radius 3 is 2.81 bits per heavy atom. The lowest BCUT2D eigenvalue weighted by Crippen LogP contribution is -2.04. The van der Waals surface area contributed by atoms with Gasteiger partial charge in [-0.25, -0.2) is 9.78 Å². The summed E-state index contributed by atoms with van der Waals surface area (Å²) in [5.41, 5.74) is 0.679. The number of aromatic nitrogens is 1. The largest absolute Gasteiger partial charge is 0.496 e. The number of pyridine rings is 1. The minimum atomic E-state index is -1.11. The minimum absolute atomic E-state index is 0.0953. The molecule has 0 aliphatic rings. The van der Waals surface area contributed by atoms with Gasteiger partial charge in [0.2, 0.25) is 0 Å². The number of carbonyl (C=O) groups is 1. The smallest absolute Gasteiger partial charge is 0.354 e. The zero-order valence-corrected chi connectivity index (χ0v) is 10.0. The van der Waals surface area contributed by atoms with E-state index in [0.29, 0.717) is 5.75 Å². The molecule has 1 aromatic heterocycles. The van der Waals surface area contributed by atoms with Crippen LogP contribution in [0.3, 0.4) is 0 Å². The van der Waals surface area contributed by atoms with Crippen molar-refractivity contribution in [1.82, 2.24) is 4.98 Å². The second-order valence-corrected chi connectivity index (χ2v) is 3.75. The molecule has 0 aliphatic heterocycles. The van der Waals surface area contributed by atoms with Crippen molar-refractivity contribution in [2.24, 2.45) is 0 Å². The Kier molecular flexibility index (Phi) is 4.55.